The molecule has 2 aliphatic rings. The van der Waals surface area contributed by atoms with Gasteiger partial charge in [-0.2, -0.15) is 0 Å². The Bertz CT molecular complexity index is 824. The summed E-state index contributed by atoms with van der Waals surface area (Å²) in [6, 6.07) is 14.9. The largest absolute Gasteiger partial charge is 0.487 e. The number of carbonyl (C=O) groups excluding carboxylic acids is 2. The minimum absolute atomic E-state index is 0.0570. The topological polar surface area (TPSA) is 49.9 Å². The molecule has 0 aromatic heterocycles. The molecule has 0 unspecified atom stereocenters. The van der Waals surface area contributed by atoms with Gasteiger partial charge in [0.1, 0.15) is 18.1 Å². The van der Waals surface area contributed by atoms with E-state index in [1.54, 1.807) is 12.1 Å². The lowest BCUT2D eigenvalue weighted by Crippen LogP contribution is -2.58. The van der Waals surface area contributed by atoms with Crippen molar-refractivity contribution < 1.29 is 14.3 Å². The summed E-state index contributed by atoms with van der Waals surface area (Å²) >= 11 is 5.88. The van der Waals surface area contributed by atoms with Crippen molar-refractivity contribution in [2.24, 2.45) is 5.92 Å². The summed E-state index contributed by atoms with van der Waals surface area (Å²) in [6.45, 7) is 3.01. The normalized spacial score (nSPS) is 17.9. The Morgan fingerprint density at radius 1 is 1.00 bits per heavy atom. The molecule has 4 rings (SSSR count). The number of aldehydes is 1. The third kappa shape index (κ3) is 4.14. The van der Waals surface area contributed by atoms with Gasteiger partial charge in [-0.05, 0) is 61.4 Å². The average molecular weight is 399 g/mol. The first-order chi connectivity index (χ1) is 13.6. The molecule has 0 atom stereocenters. The first-order valence-corrected chi connectivity index (χ1v) is 10.0. The fourth-order valence-corrected chi connectivity index (χ4v) is 3.93. The highest BCUT2D eigenvalue weighted by atomic mass is 35.5. The minimum atomic E-state index is 0.0570. The lowest BCUT2D eigenvalue weighted by molar-refractivity contribution is -0.145. The van der Waals surface area contributed by atoms with Gasteiger partial charge in [0.05, 0.1) is 13.1 Å². The van der Waals surface area contributed by atoms with Crippen molar-refractivity contribution in [1.82, 2.24) is 4.90 Å². The fourth-order valence-electron chi connectivity index (χ4n) is 3.80. The van der Waals surface area contributed by atoms with Crippen LogP contribution in [0, 0.1) is 5.92 Å². The number of hydrogen-bond acceptors (Lipinski definition) is 4. The van der Waals surface area contributed by atoms with Crippen molar-refractivity contribution >= 4 is 29.5 Å². The van der Waals surface area contributed by atoms with Crippen LogP contribution in [0.15, 0.2) is 48.5 Å². The second kappa shape index (κ2) is 8.23. The van der Waals surface area contributed by atoms with Crippen LogP contribution in [0.3, 0.4) is 0 Å². The van der Waals surface area contributed by atoms with Gasteiger partial charge < -0.3 is 14.5 Å². The number of carbonyl (C=O) groups is 2. The van der Waals surface area contributed by atoms with Crippen LogP contribution < -0.4 is 9.64 Å². The first kappa shape index (κ1) is 18.8. The van der Waals surface area contributed by atoms with E-state index in [2.05, 4.69) is 4.90 Å². The number of anilines is 1. The highest BCUT2D eigenvalue weighted by molar-refractivity contribution is 6.30. The van der Waals surface area contributed by atoms with Crippen molar-refractivity contribution in [2.45, 2.75) is 18.9 Å². The molecule has 2 fully saturated rings. The van der Waals surface area contributed by atoms with Crippen molar-refractivity contribution in [3.63, 3.8) is 0 Å². The second-order valence-electron chi connectivity index (χ2n) is 7.41. The molecule has 6 heteroatoms. The number of hydrogen-bond donors (Lipinski definition) is 0. The van der Waals surface area contributed by atoms with Gasteiger partial charge in [-0.15, -0.1) is 0 Å². The monoisotopic (exact) mass is 398 g/mol. The zero-order valence-electron chi connectivity index (χ0n) is 15.6. The number of likely N-dealkylation sites (tertiary alicyclic amines) is 1. The lowest BCUT2D eigenvalue weighted by Gasteiger charge is -2.42. The third-order valence-corrected chi connectivity index (χ3v) is 5.77. The van der Waals surface area contributed by atoms with Crippen molar-refractivity contribution in [2.75, 3.05) is 31.1 Å². The number of halogens is 1. The highest BCUT2D eigenvalue weighted by Crippen LogP contribution is 2.27. The van der Waals surface area contributed by atoms with Crippen LogP contribution in [0.4, 0.5) is 5.69 Å². The zero-order chi connectivity index (χ0) is 19.5. The van der Waals surface area contributed by atoms with E-state index in [1.807, 2.05) is 41.3 Å². The summed E-state index contributed by atoms with van der Waals surface area (Å²) in [5.41, 5.74) is 1.79. The number of rotatable bonds is 5. The lowest BCUT2D eigenvalue weighted by atomic mass is 9.93. The number of ether oxygens (including phenoxy) is 1. The number of piperidine rings is 1. The van der Waals surface area contributed by atoms with Gasteiger partial charge in [0.2, 0.25) is 5.91 Å². The predicted octanol–water partition coefficient (Wildman–Crippen LogP) is 3.66. The molecule has 5 nitrogen and oxygen atoms in total. The van der Waals surface area contributed by atoms with E-state index < -0.39 is 0 Å². The predicted molar refractivity (Wildman–Crippen MR) is 109 cm³/mol. The molecule has 2 aliphatic heterocycles. The minimum Gasteiger partial charge on any atom is -0.487 e. The van der Waals surface area contributed by atoms with Gasteiger partial charge in [-0.1, -0.05) is 11.6 Å². The SMILES string of the molecule is O=Cc1ccc(N2CCC(C(=O)N3CC(Oc4ccc(Cl)cc4)C3)CC2)cc1. The van der Waals surface area contributed by atoms with Crippen molar-refractivity contribution in [3.05, 3.63) is 59.1 Å². The van der Waals surface area contributed by atoms with Gasteiger partial charge in [0.25, 0.3) is 0 Å². The van der Waals surface area contributed by atoms with Gasteiger partial charge in [-0.25, -0.2) is 0 Å². The second-order valence-corrected chi connectivity index (χ2v) is 7.84. The van der Waals surface area contributed by atoms with E-state index >= 15 is 0 Å². The summed E-state index contributed by atoms with van der Waals surface area (Å²) < 4.78 is 5.88. The van der Waals surface area contributed by atoms with Gasteiger partial charge in [0.15, 0.2) is 0 Å². The van der Waals surface area contributed by atoms with Crippen LogP contribution in [0.5, 0.6) is 5.75 Å². The van der Waals surface area contributed by atoms with Crippen LogP contribution in [0.1, 0.15) is 23.2 Å². The zero-order valence-corrected chi connectivity index (χ0v) is 16.3. The Kier molecular flexibility index (Phi) is 5.53. The number of benzene rings is 2. The van der Waals surface area contributed by atoms with E-state index in [0.29, 0.717) is 23.7 Å². The molecule has 2 heterocycles. The molecular formula is C22H23ClN2O3. The molecule has 1 amide bonds. The maximum Gasteiger partial charge on any atom is 0.226 e. The summed E-state index contributed by atoms with van der Waals surface area (Å²) in [7, 11) is 0. The van der Waals surface area contributed by atoms with Gasteiger partial charge >= 0.3 is 0 Å². The molecule has 2 saturated heterocycles. The molecule has 2 aromatic carbocycles. The van der Waals surface area contributed by atoms with E-state index in [9.17, 15) is 9.59 Å². The average Bonchev–Trinajstić information content (AvgIpc) is 2.71. The van der Waals surface area contributed by atoms with Crippen LogP contribution in [0.2, 0.25) is 5.02 Å². The van der Waals surface area contributed by atoms with Crippen molar-refractivity contribution in [3.8, 4) is 5.75 Å². The standard InChI is InChI=1S/C22H23ClN2O3/c23-18-3-7-20(8-4-18)28-21-13-25(14-21)22(27)17-9-11-24(12-10-17)19-5-1-16(15-26)2-6-19/h1-8,15,17,21H,9-14H2. The van der Waals surface area contributed by atoms with E-state index in [1.165, 1.54) is 0 Å². The van der Waals surface area contributed by atoms with Crippen LogP contribution in [-0.4, -0.2) is 49.4 Å². The van der Waals surface area contributed by atoms with E-state index in [4.69, 9.17) is 16.3 Å². The molecule has 0 saturated carbocycles. The van der Waals surface area contributed by atoms with E-state index in [-0.39, 0.29) is 17.9 Å². The number of amides is 1. The van der Waals surface area contributed by atoms with Crippen LogP contribution >= 0.6 is 11.6 Å². The summed E-state index contributed by atoms with van der Waals surface area (Å²) in [5, 5.41) is 0.684. The molecule has 0 radical (unpaired) electrons. The fraction of sp³-hybridized carbons (Fsp3) is 0.364. The third-order valence-electron chi connectivity index (χ3n) is 5.51. The van der Waals surface area contributed by atoms with Crippen molar-refractivity contribution in [1.29, 1.82) is 0 Å². The Labute approximate surface area is 169 Å². The van der Waals surface area contributed by atoms with Crippen LogP contribution in [-0.2, 0) is 4.79 Å². The molecule has 146 valence electrons. The Morgan fingerprint density at radius 2 is 1.64 bits per heavy atom. The number of nitrogens with zero attached hydrogens (tertiary/aromatic N) is 2. The summed E-state index contributed by atoms with van der Waals surface area (Å²) in [4.78, 5) is 27.7. The molecule has 0 spiro atoms. The van der Waals surface area contributed by atoms with Gasteiger partial charge in [-0.3, -0.25) is 9.59 Å². The molecule has 28 heavy (non-hydrogen) atoms. The molecule has 2 aromatic rings. The van der Waals surface area contributed by atoms with Crippen LogP contribution in [0.25, 0.3) is 0 Å². The maximum atomic E-state index is 12.7. The molecule has 0 N–H and O–H groups in total. The highest BCUT2D eigenvalue weighted by Gasteiger charge is 2.37. The summed E-state index contributed by atoms with van der Waals surface area (Å²) in [5.74, 6) is 1.12. The van der Waals surface area contributed by atoms with Gasteiger partial charge in [0, 0.05) is 35.3 Å². The first-order valence-electron chi connectivity index (χ1n) is 9.63. The quantitative estimate of drug-likeness (QED) is 0.721. The molecule has 0 bridgehead atoms. The Morgan fingerprint density at radius 3 is 2.25 bits per heavy atom. The molecular weight excluding hydrogens is 376 g/mol. The smallest absolute Gasteiger partial charge is 0.226 e. The maximum absolute atomic E-state index is 12.7. The summed E-state index contributed by atoms with van der Waals surface area (Å²) in [6.07, 6.45) is 2.62. The Hall–Kier alpha value is -2.53. The molecule has 0 aliphatic carbocycles. The van der Waals surface area contributed by atoms with E-state index in [0.717, 1.165) is 43.7 Å². The Balaban J connectivity index is 1.23.